The molecule has 0 aliphatic heterocycles. The lowest BCUT2D eigenvalue weighted by Crippen LogP contribution is -2.25. The summed E-state index contributed by atoms with van der Waals surface area (Å²) < 4.78 is 0. The molecule has 0 unspecified atom stereocenters. The second-order valence-corrected chi connectivity index (χ2v) is 8.20. The number of allylic oxidation sites excluding steroid dienone is 4. The van der Waals surface area contributed by atoms with Gasteiger partial charge in [0.05, 0.1) is 6.07 Å². The molecular formula is C23H37N. The molecule has 0 radical (unpaired) electrons. The van der Waals surface area contributed by atoms with Crippen LogP contribution in [0.3, 0.4) is 0 Å². The number of unbranched alkanes of at least 4 members (excludes halogenated alkanes) is 1. The molecule has 1 nitrogen and oxygen atoms in total. The molecule has 134 valence electrons. The smallest absolute Gasteiger partial charge is 0.0912 e. The van der Waals surface area contributed by atoms with E-state index in [4.69, 9.17) is 5.26 Å². The fourth-order valence-corrected chi connectivity index (χ4v) is 4.99. The number of nitriles is 1. The van der Waals surface area contributed by atoms with Crippen LogP contribution in [-0.2, 0) is 0 Å². The summed E-state index contributed by atoms with van der Waals surface area (Å²) >= 11 is 0. The number of hydrogen-bond acceptors (Lipinski definition) is 1. The second kappa shape index (κ2) is 11.5. The molecular weight excluding hydrogens is 290 g/mol. The molecule has 2 fully saturated rings. The Kier molecular flexibility index (Phi) is 9.26. The Morgan fingerprint density at radius 3 is 1.96 bits per heavy atom. The van der Waals surface area contributed by atoms with Crippen LogP contribution >= 0.6 is 0 Å². The van der Waals surface area contributed by atoms with Crippen LogP contribution in [0.5, 0.6) is 0 Å². The van der Waals surface area contributed by atoms with Gasteiger partial charge in [0.25, 0.3) is 0 Å². The Morgan fingerprint density at radius 1 is 0.833 bits per heavy atom. The molecule has 0 bridgehead atoms. The SMILES string of the molecule is CCCC[C@H]1CC[C@H](C2CCC(CC/C=C/C=C/C#N)CC2)CC1. The highest BCUT2D eigenvalue weighted by atomic mass is 14.4. The van der Waals surface area contributed by atoms with E-state index in [0.29, 0.717) is 0 Å². The minimum absolute atomic E-state index is 0.951. The maximum atomic E-state index is 8.44. The van der Waals surface area contributed by atoms with E-state index in [1.54, 1.807) is 6.08 Å². The van der Waals surface area contributed by atoms with E-state index in [2.05, 4.69) is 13.0 Å². The van der Waals surface area contributed by atoms with Gasteiger partial charge in [0.1, 0.15) is 0 Å². The monoisotopic (exact) mass is 327 g/mol. The van der Waals surface area contributed by atoms with Crippen molar-refractivity contribution in [2.24, 2.45) is 23.7 Å². The summed E-state index contributed by atoms with van der Waals surface area (Å²) in [6, 6.07) is 2.02. The fraction of sp³-hybridized carbons (Fsp3) is 0.783. The lowest BCUT2D eigenvalue weighted by molar-refractivity contribution is 0.141. The van der Waals surface area contributed by atoms with Crippen molar-refractivity contribution in [1.29, 1.82) is 5.26 Å². The second-order valence-electron chi connectivity index (χ2n) is 8.20. The fourth-order valence-electron chi connectivity index (χ4n) is 4.99. The van der Waals surface area contributed by atoms with Gasteiger partial charge in [-0.05, 0) is 62.2 Å². The van der Waals surface area contributed by atoms with Crippen LogP contribution in [-0.4, -0.2) is 0 Å². The molecule has 2 aliphatic rings. The van der Waals surface area contributed by atoms with Gasteiger partial charge in [0.2, 0.25) is 0 Å². The Morgan fingerprint density at radius 2 is 1.42 bits per heavy atom. The van der Waals surface area contributed by atoms with Gasteiger partial charge >= 0.3 is 0 Å². The van der Waals surface area contributed by atoms with Crippen molar-refractivity contribution in [3.05, 3.63) is 24.3 Å². The maximum absolute atomic E-state index is 8.44. The van der Waals surface area contributed by atoms with Gasteiger partial charge in [-0.3, -0.25) is 0 Å². The summed E-state index contributed by atoms with van der Waals surface area (Å²) in [5.74, 6) is 4.11. The molecule has 2 aliphatic carbocycles. The van der Waals surface area contributed by atoms with Gasteiger partial charge in [-0.25, -0.2) is 0 Å². The first-order chi connectivity index (χ1) is 11.8. The highest BCUT2D eigenvalue weighted by molar-refractivity contribution is 5.11. The van der Waals surface area contributed by atoms with Crippen LogP contribution in [0.2, 0.25) is 0 Å². The molecule has 0 aromatic rings. The predicted octanol–water partition coefficient (Wildman–Crippen LogP) is 7.21. The maximum Gasteiger partial charge on any atom is 0.0912 e. The predicted molar refractivity (Wildman–Crippen MR) is 104 cm³/mol. The molecule has 0 heterocycles. The number of hydrogen-bond donors (Lipinski definition) is 0. The third-order valence-corrected chi connectivity index (χ3v) is 6.57. The first-order valence-electron chi connectivity index (χ1n) is 10.5. The highest BCUT2D eigenvalue weighted by Crippen LogP contribution is 2.43. The normalized spacial score (nSPS) is 31.5. The van der Waals surface area contributed by atoms with E-state index in [-0.39, 0.29) is 0 Å². The summed E-state index contributed by atoms with van der Waals surface area (Å²) in [6.45, 7) is 2.32. The van der Waals surface area contributed by atoms with Crippen LogP contribution in [0.1, 0.15) is 90.4 Å². The zero-order chi connectivity index (χ0) is 17.0. The standard InChI is InChI=1S/C23H37N/c1-2-3-9-20-11-15-22(16-12-20)23-17-13-21(14-18-23)10-7-5-4-6-8-19-24/h4-6,8,20-23H,2-3,7,9-18H2,1H3/b5-4+,8-6+/t20-,21?,22-,23?. The molecule has 0 atom stereocenters. The molecule has 0 amide bonds. The van der Waals surface area contributed by atoms with Gasteiger partial charge in [-0.15, -0.1) is 0 Å². The zero-order valence-corrected chi connectivity index (χ0v) is 15.8. The molecule has 1 heteroatoms. The van der Waals surface area contributed by atoms with Crippen LogP contribution in [0, 0.1) is 35.0 Å². The van der Waals surface area contributed by atoms with E-state index in [1.807, 2.05) is 18.2 Å². The molecule has 0 aromatic heterocycles. The molecule has 24 heavy (non-hydrogen) atoms. The van der Waals surface area contributed by atoms with Crippen molar-refractivity contribution >= 4 is 0 Å². The lowest BCUT2D eigenvalue weighted by atomic mass is 9.68. The lowest BCUT2D eigenvalue weighted by Gasteiger charge is -2.38. The molecule has 2 saturated carbocycles. The number of nitrogens with zero attached hydrogens (tertiary/aromatic N) is 1. The molecule has 0 aromatic carbocycles. The van der Waals surface area contributed by atoms with Crippen molar-refractivity contribution in [2.75, 3.05) is 0 Å². The van der Waals surface area contributed by atoms with Crippen molar-refractivity contribution in [3.8, 4) is 6.07 Å². The summed E-state index contributed by atoms with van der Waals surface area (Å²) in [4.78, 5) is 0. The zero-order valence-electron chi connectivity index (χ0n) is 15.8. The molecule has 0 N–H and O–H groups in total. The Balaban J connectivity index is 1.59. The van der Waals surface area contributed by atoms with E-state index < -0.39 is 0 Å². The number of rotatable bonds is 8. The van der Waals surface area contributed by atoms with E-state index in [1.165, 1.54) is 83.5 Å². The Labute approximate surface area is 150 Å². The van der Waals surface area contributed by atoms with Gasteiger partial charge in [0.15, 0.2) is 0 Å². The Hall–Kier alpha value is -1.03. The topological polar surface area (TPSA) is 23.8 Å². The van der Waals surface area contributed by atoms with E-state index in [9.17, 15) is 0 Å². The van der Waals surface area contributed by atoms with Crippen LogP contribution in [0.25, 0.3) is 0 Å². The quantitative estimate of drug-likeness (QED) is 0.341. The third-order valence-electron chi connectivity index (χ3n) is 6.57. The summed E-state index contributed by atoms with van der Waals surface area (Å²) in [5.41, 5.74) is 0. The van der Waals surface area contributed by atoms with Crippen molar-refractivity contribution < 1.29 is 0 Å². The van der Waals surface area contributed by atoms with Gasteiger partial charge in [-0.2, -0.15) is 5.26 Å². The molecule has 0 saturated heterocycles. The summed E-state index contributed by atoms with van der Waals surface area (Å²) in [5, 5.41) is 8.44. The van der Waals surface area contributed by atoms with Crippen molar-refractivity contribution in [3.63, 3.8) is 0 Å². The van der Waals surface area contributed by atoms with Crippen molar-refractivity contribution in [1.82, 2.24) is 0 Å². The minimum atomic E-state index is 0.951. The minimum Gasteiger partial charge on any atom is -0.193 e. The average Bonchev–Trinajstić information content (AvgIpc) is 2.64. The molecule has 2 rings (SSSR count). The van der Waals surface area contributed by atoms with Gasteiger partial charge < -0.3 is 0 Å². The average molecular weight is 328 g/mol. The first kappa shape index (κ1) is 19.3. The van der Waals surface area contributed by atoms with Crippen LogP contribution < -0.4 is 0 Å². The molecule has 0 spiro atoms. The van der Waals surface area contributed by atoms with Crippen molar-refractivity contribution in [2.45, 2.75) is 90.4 Å². The third kappa shape index (κ3) is 6.84. The van der Waals surface area contributed by atoms with E-state index in [0.717, 1.165) is 23.7 Å². The van der Waals surface area contributed by atoms with E-state index >= 15 is 0 Å². The first-order valence-corrected chi connectivity index (χ1v) is 10.5. The van der Waals surface area contributed by atoms with Gasteiger partial charge in [-0.1, -0.05) is 70.1 Å². The Bertz CT molecular complexity index is 412. The highest BCUT2D eigenvalue weighted by Gasteiger charge is 2.30. The summed E-state index contributed by atoms with van der Waals surface area (Å²) in [7, 11) is 0. The summed E-state index contributed by atoms with van der Waals surface area (Å²) in [6.07, 6.45) is 26.4. The van der Waals surface area contributed by atoms with Crippen LogP contribution in [0.4, 0.5) is 0 Å². The van der Waals surface area contributed by atoms with Crippen LogP contribution in [0.15, 0.2) is 24.3 Å². The van der Waals surface area contributed by atoms with Gasteiger partial charge in [0, 0.05) is 6.08 Å². The largest absolute Gasteiger partial charge is 0.193 e.